The molecule has 1 aromatic carbocycles. The SMILES string of the molecule is Cc1nccn1[C@H]1C[C@H]2CN(Cc3ccc(F)c(Cl)c3)C[C@H]2C[C@@H]1O. The predicted octanol–water partition coefficient (Wildman–Crippen LogP) is 3.43. The molecule has 6 heteroatoms. The van der Waals surface area contributed by atoms with Crippen LogP contribution in [0.1, 0.15) is 30.3 Å². The van der Waals surface area contributed by atoms with Crippen molar-refractivity contribution in [2.75, 3.05) is 13.1 Å². The number of halogens is 2. The average Bonchev–Trinajstić information content (AvgIpc) is 3.15. The van der Waals surface area contributed by atoms with Crippen molar-refractivity contribution in [2.45, 2.75) is 38.5 Å². The molecular weight excluding hydrogens is 341 g/mol. The maximum Gasteiger partial charge on any atom is 0.141 e. The van der Waals surface area contributed by atoms with Crippen molar-refractivity contribution in [1.82, 2.24) is 14.5 Å². The fraction of sp³-hybridized carbons (Fsp3) is 0.526. The molecule has 1 aromatic heterocycles. The molecule has 134 valence electrons. The van der Waals surface area contributed by atoms with E-state index in [4.69, 9.17) is 11.6 Å². The standard InChI is InChI=1S/C19H23ClFN3O/c1-12-22-4-5-24(12)18-7-14-10-23(11-15(14)8-19(18)25)9-13-2-3-17(21)16(20)6-13/h2-6,14-15,18-19,25H,7-11H2,1H3/t14-,15+,18-,19-/m0/s1. The highest BCUT2D eigenvalue weighted by Crippen LogP contribution is 2.42. The molecule has 2 aromatic rings. The van der Waals surface area contributed by atoms with Crippen LogP contribution in [0.25, 0.3) is 0 Å². The second-order valence-electron chi connectivity index (χ2n) is 7.45. The molecule has 25 heavy (non-hydrogen) atoms. The average molecular weight is 364 g/mol. The topological polar surface area (TPSA) is 41.3 Å². The Labute approximate surface area is 152 Å². The van der Waals surface area contributed by atoms with Gasteiger partial charge >= 0.3 is 0 Å². The summed E-state index contributed by atoms with van der Waals surface area (Å²) in [7, 11) is 0. The van der Waals surface area contributed by atoms with E-state index in [1.54, 1.807) is 18.3 Å². The number of aryl methyl sites for hydroxylation is 1. The van der Waals surface area contributed by atoms with Crippen LogP contribution in [0.3, 0.4) is 0 Å². The van der Waals surface area contributed by atoms with Crippen molar-refractivity contribution in [3.05, 3.63) is 52.8 Å². The number of hydrogen-bond donors (Lipinski definition) is 1. The lowest BCUT2D eigenvalue weighted by Gasteiger charge is -2.36. The van der Waals surface area contributed by atoms with E-state index in [1.165, 1.54) is 6.07 Å². The molecule has 0 amide bonds. The Bertz CT molecular complexity index is 765. The van der Waals surface area contributed by atoms with Crippen LogP contribution in [0.5, 0.6) is 0 Å². The van der Waals surface area contributed by atoms with Gasteiger partial charge in [-0.2, -0.15) is 0 Å². The number of aliphatic hydroxyl groups is 1. The second-order valence-corrected chi connectivity index (χ2v) is 7.86. The predicted molar refractivity (Wildman–Crippen MR) is 94.9 cm³/mol. The molecule has 1 saturated carbocycles. The van der Waals surface area contributed by atoms with Gasteiger partial charge in [0.2, 0.25) is 0 Å². The van der Waals surface area contributed by atoms with Gasteiger partial charge in [0, 0.05) is 32.0 Å². The lowest BCUT2D eigenvalue weighted by molar-refractivity contribution is 0.0349. The highest BCUT2D eigenvalue weighted by Gasteiger charge is 2.42. The maximum absolute atomic E-state index is 13.3. The zero-order valence-corrected chi connectivity index (χ0v) is 15.0. The number of fused-ring (bicyclic) bond motifs is 1. The van der Waals surface area contributed by atoms with Gasteiger partial charge < -0.3 is 9.67 Å². The van der Waals surface area contributed by atoms with Crippen LogP contribution in [0.15, 0.2) is 30.6 Å². The van der Waals surface area contributed by atoms with Crippen molar-refractivity contribution < 1.29 is 9.50 Å². The van der Waals surface area contributed by atoms with Crippen LogP contribution in [-0.4, -0.2) is 38.8 Å². The van der Waals surface area contributed by atoms with E-state index in [2.05, 4.69) is 14.5 Å². The summed E-state index contributed by atoms with van der Waals surface area (Å²) in [6.07, 6.45) is 5.25. The Morgan fingerprint density at radius 1 is 1.28 bits per heavy atom. The summed E-state index contributed by atoms with van der Waals surface area (Å²) in [6, 6.07) is 5.06. The van der Waals surface area contributed by atoms with Gasteiger partial charge in [-0.1, -0.05) is 17.7 Å². The fourth-order valence-corrected chi connectivity index (χ4v) is 4.77. The maximum atomic E-state index is 13.3. The molecule has 1 aliphatic heterocycles. The third-order valence-electron chi connectivity index (χ3n) is 5.79. The minimum Gasteiger partial charge on any atom is -0.391 e. The summed E-state index contributed by atoms with van der Waals surface area (Å²) in [5.41, 5.74) is 1.03. The number of imidazole rings is 1. The van der Waals surface area contributed by atoms with Crippen molar-refractivity contribution in [2.24, 2.45) is 11.8 Å². The smallest absolute Gasteiger partial charge is 0.141 e. The monoisotopic (exact) mass is 363 g/mol. The van der Waals surface area contributed by atoms with E-state index in [0.717, 1.165) is 43.9 Å². The minimum absolute atomic E-state index is 0.115. The molecule has 0 radical (unpaired) electrons. The Hall–Kier alpha value is -1.43. The lowest BCUT2D eigenvalue weighted by atomic mass is 9.77. The van der Waals surface area contributed by atoms with Crippen LogP contribution >= 0.6 is 11.6 Å². The van der Waals surface area contributed by atoms with Crippen LogP contribution in [0.4, 0.5) is 4.39 Å². The number of rotatable bonds is 3. The van der Waals surface area contributed by atoms with Crippen molar-refractivity contribution in [3.8, 4) is 0 Å². The van der Waals surface area contributed by atoms with Gasteiger partial charge in [0.05, 0.1) is 17.2 Å². The Morgan fingerprint density at radius 3 is 2.72 bits per heavy atom. The van der Waals surface area contributed by atoms with E-state index in [9.17, 15) is 9.50 Å². The molecule has 2 fully saturated rings. The van der Waals surface area contributed by atoms with E-state index in [1.807, 2.05) is 13.1 Å². The molecule has 2 aliphatic rings. The number of aromatic nitrogens is 2. The van der Waals surface area contributed by atoms with Gasteiger partial charge in [0.1, 0.15) is 11.6 Å². The zero-order valence-electron chi connectivity index (χ0n) is 14.3. The molecule has 1 N–H and O–H groups in total. The molecule has 0 bridgehead atoms. The van der Waals surface area contributed by atoms with E-state index in [-0.39, 0.29) is 23.0 Å². The van der Waals surface area contributed by atoms with Gasteiger partial charge in [-0.15, -0.1) is 0 Å². The molecule has 0 spiro atoms. The first-order valence-electron chi connectivity index (χ1n) is 8.85. The summed E-state index contributed by atoms with van der Waals surface area (Å²) < 4.78 is 15.4. The van der Waals surface area contributed by atoms with E-state index in [0.29, 0.717) is 11.8 Å². The van der Waals surface area contributed by atoms with Gasteiger partial charge in [0.15, 0.2) is 0 Å². The van der Waals surface area contributed by atoms with Crippen molar-refractivity contribution >= 4 is 11.6 Å². The summed E-state index contributed by atoms with van der Waals surface area (Å²) in [5.74, 6) is 1.68. The minimum atomic E-state index is -0.373. The number of nitrogens with zero attached hydrogens (tertiary/aromatic N) is 3. The molecule has 1 aliphatic carbocycles. The number of likely N-dealkylation sites (tertiary alicyclic amines) is 1. The normalized spacial score (nSPS) is 29.8. The molecular formula is C19H23ClFN3O. The zero-order chi connectivity index (χ0) is 17.6. The number of hydrogen-bond acceptors (Lipinski definition) is 3. The highest BCUT2D eigenvalue weighted by molar-refractivity contribution is 6.30. The summed E-state index contributed by atoms with van der Waals surface area (Å²) in [5, 5.41) is 10.8. The first-order chi connectivity index (χ1) is 12.0. The molecule has 4 rings (SSSR count). The van der Waals surface area contributed by atoms with Crippen LogP contribution in [0, 0.1) is 24.6 Å². The Balaban J connectivity index is 1.44. The lowest BCUT2D eigenvalue weighted by Crippen LogP contribution is -2.36. The molecule has 2 heterocycles. The Morgan fingerprint density at radius 2 is 2.04 bits per heavy atom. The van der Waals surface area contributed by atoms with Crippen LogP contribution in [0.2, 0.25) is 5.02 Å². The Kier molecular flexibility index (Phi) is 4.56. The fourth-order valence-electron chi connectivity index (χ4n) is 4.57. The van der Waals surface area contributed by atoms with E-state index >= 15 is 0 Å². The quantitative estimate of drug-likeness (QED) is 0.908. The summed E-state index contributed by atoms with van der Waals surface area (Å²) >= 11 is 5.90. The molecule has 1 saturated heterocycles. The summed E-state index contributed by atoms with van der Waals surface area (Å²) in [6.45, 7) is 4.75. The number of aliphatic hydroxyl groups excluding tert-OH is 1. The van der Waals surface area contributed by atoms with Crippen molar-refractivity contribution in [3.63, 3.8) is 0 Å². The van der Waals surface area contributed by atoms with Crippen molar-refractivity contribution in [1.29, 1.82) is 0 Å². The second kappa shape index (κ2) is 6.71. The van der Waals surface area contributed by atoms with Crippen LogP contribution < -0.4 is 0 Å². The van der Waals surface area contributed by atoms with Gasteiger partial charge in [-0.05, 0) is 49.3 Å². The van der Waals surface area contributed by atoms with Crippen LogP contribution in [-0.2, 0) is 6.54 Å². The number of benzene rings is 1. The first kappa shape index (κ1) is 17.0. The molecule has 4 atom stereocenters. The van der Waals surface area contributed by atoms with Gasteiger partial charge in [-0.3, -0.25) is 4.90 Å². The highest BCUT2D eigenvalue weighted by atomic mass is 35.5. The summed E-state index contributed by atoms with van der Waals surface area (Å²) in [4.78, 5) is 6.69. The first-order valence-corrected chi connectivity index (χ1v) is 9.23. The molecule has 0 unspecified atom stereocenters. The third kappa shape index (κ3) is 3.33. The molecule has 4 nitrogen and oxygen atoms in total. The van der Waals surface area contributed by atoms with Gasteiger partial charge in [-0.25, -0.2) is 9.37 Å². The van der Waals surface area contributed by atoms with E-state index < -0.39 is 0 Å². The van der Waals surface area contributed by atoms with Gasteiger partial charge in [0.25, 0.3) is 0 Å². The largest absolute Gasteiger partial charge is 0.391 e. The third-order valence-corrected chi connectivity index (χ3v) is 6.08.